The molecule has 2 aromatic carbocycles. The van der Waals surface area contributed by atoms with Crippen LogP contribution in [0.1, 0.15) is 42.5 Å². The van der Waals surface area contributed by atoms with Gasteiger partial charge in [-0.3, -0.25) is 14.4 Å². The molecule has 0 radical (unpaired) electrons. The van der Waals surface area contributed by atoms with Crippen LogP contribution in [0.2, 0.25) is 0 Å². The van der Waals surface area contributed by atoms with Crippen molar-refractivity contribution in [3.05, 3.63) is 94.9 Å². The average Bonchev–Trinajstić information content (AvgIpc) is 3.52. The lowest BCUT2D eigenvalue weighted by atomic mass is 9.77. The number of nitrogens with one attached hydrogen (secondary N) is 2. The maximum Gasteiger partial charge on any atom is 0.325 e. The number of benzene rings is 2. The number of fused-ring (bicyclic) bond motifs is 2. The number of rotatable bonds is 9. The summed E-state index contributed by atoms with van der Waals surface area (Å²) in [4.78, 5) is 50.2. The Kier molecular flexibility index (Phi) is 7.44. The summed E-state index contributed by atoms with van der Waals surface area (Å²) in [5, 5.41) is 19.6. The van der Waals surface area contributed by atoms with E-state index < -0.39 is 17.4 Å². The number of hydrogen-bond acceptors (Lipinski definition) is 8. The summed E-state index contributed by atoms with van der Waals surface area (Å²) in [5.74, 6) is -1.61. The highest BCUT2D eigenvalue weighted by Gasteiger charge is 2.47. The first kappa shape index (κ1) is 29.4. The number of carboxylic acids is 1. The Bertz CT molecular complexity index is 1980. The number of aromatic nitrogens is 5. The van der Waals surface area contributed by atoms with Crippen molar-refractivity contribution in [3.63, 3.8) is 0 Å². The molecule has 228 valence electrons. The highest BCUT2D eigenvalue weighted by molar-refractivity contribution is 6.09. The molecule has 0 unspecified atom stereocenters. The number of nitrogen functional groups attached to an aromatic ring is 1. The van der Waals surface area contributed by atoms with E-state index in [4.69, 9.17) is 10.8 Å². The molecule has 0 spiro atoms. The van der Waals surface area contributed by atoms with Crippen molar-refractivity contribution < 1.29 is 23.9 Å². The van der Waals surface area contributed by atoms with Crippen molar-refractivity contribution in [3.8, 4) is 11.5 Å². The van der Waals surface area contributed by atoms with Gasteiger partial charge in [-0.05, 0) is 49.6 Å². The third-order valence-electron chi connectivity index (χ3n) is 8.04. The number of halogens is 1. The zero-order valence-electron chi connectivity index (χ0n) is 24.4. The minimum atomic E-state index is -1.20. The molecular formula is C32H29FN8O4. The van der Waals surface area contributed by atoms with Gasteiger partial charge in [-0.15, -0.1) is 0 Å². The Balaban J connectivity index is 1.29. The Hall–Kier alpha value is -5.72. The van der Waals surface area contributed by atoms with E-state index in [-0.39, 0.29) is 48.1 Å². The van der Waals surface area contributed by atoms with Crippen molar-refractivity contribution in [2.45, 2.75) is 44.7 Å². The molecule has 0 saturated heterocycles. The molecule has 13 heteroatoms. The van der Waals surface area contributed by atoms with Crippen molar-refractivity contribution in [2.75, 3.05) is 11.1 Å². The van der Waals surface area contributed by atoms with E-state index in [1.807, 2.05) is 18.2 Å². The predicted octanol–water partition coefficient (Wildman–Crippen LogP) is 3.44. The van der Waals surface area contributed by atoms with Crippen LogP contribution < -0.4 is 16.4 Å². The number of aryl methyl sites for hydroxylation is 1. The van der Waals surface area contributed by atoms with E-state index in [0.717, 1.165) is 5.56 Å². The summed E-state index contributed by atoms with van der Waals surface area (Å²) >= 11 is 0. The first-order valence-electron chi connectivity index (χ1n) is 14.2. The highest BCUT2D eigenvalue weighted by Crippen LogP contribution is 2.45. The van der Waals surface area contributed by atoms with Crippen molar-refractivity contribution in [1.29, 1.82) is 0 Å². The molecule has 0 aliphatic carbocycles. The van der Waals surface area contributed by atoms with Gasteiger partial charge in [0.25, 0.3) is 0 Å². The number of carbonyl (C=O) groups is 3. The number of carboxylic acid groups (broad SMARTS) is 1. The topological polar surface area (TPSA) is 178 Å². The fourth-order valence-electron chi connectivity index (χ4n) is 5.50. The van der Waals surface area contributed by atoms with E-state index in [1.54, 1.807) is 54.2 Å². The van der Waals surface area contributed by atoms with Crippen LogP contribution in [0.5, 0.6) is 0 Å². The number of aliphatic carboxylic acids is 1. The molecule has 45 heavy (non-hydrogen) atoms. The molecule has 4 heterocycles. The van der Waals surface area contributed by atoms with E-state index in [1.165, 1.54) is 13.0 Å². The molecule has 5 aromatic rings. The number of nitrogens with zero attached hydrogens (tertiary/aromatic N) is 5. The summed E-state index contributed by atoms with van der Waals surface area (Å²) < 4.78 is 16.0. The fraction of sp³-hybridized carbons (Fsp3) is 0.219. The fourth-order valence-corrected chi connectivity index (χ4v) is 5.50. The van der Waals surface area contributed by atoms with E-state index in [2.05, 4.69) is 30.7 Å². The van der Waals surface area contributed by atoms with Gasteiger partial charge < -0.3 is 21.5 Å². The van der Waals surface area contributed by atoms with E-state index in [9.17, 15) is 18.8 Å². The zero-order chi connectivity index (χ0) is 31.9. The van der Waals surface area contributed by atoms with Crippen LogP contribution in [0.4, 0.5) is 16.0 Å². The monoisotopic (exact) mass is 608 g/mol. The number of amides is 2. The molecular weight excluding hydrogens is 579 g/mol. The molecule has 0 saturated carbocycles. The third-order valence-corrected chi connectivity index (χ3v) is 8.04. The molecule has 5 N–H and O–H groups in total. The average molecular weight is 609 g/mol. The highest BCUT2D eigenvalue weighted by atomic mass is 19.1. The minimum Gasteiger partial charge on any atom is -0.480 e. The SMILES string of the molecule is C[C@H](NC(=O)CCc1ccc([C@@]2(C)C(=O)Nc3nc(-c4nn(Cc5ccccc5F)c5ncccc45)nc(N)c32)cc1)C(=O)O. The number of carbonyl (C=O) groups excluding carboxylic acids is 2. The van der Waals surface area contributed by atoms with Crippen molar-refractivity contribution in [2.24, 2.45) is 0 Å². The minimum absolute atomic E-state index is 0.102. The Morgan fingerprint density at radius 3 is 2.60 bits per heavy atom. The van der Waals surface area contributed by atoms with Gasteiger partial charge in [0.05, 0.1) is 17.5 Å². The number of pyridine rings is 1. The second kappa shape index (κ2) is 11.4. The molecule has 1 aliphatic heterocycles. The van der Waals surface area contributed by atoms with Crippen LogP contribution in [0.25, 0.3) is 22.6 Å². The number of anilines is 2. The second-order valence-corrected chi connectivity index (χ2v) is 11.0. The van der Waals surface area contributed by atoms with Crippen LogP contribution >= 0.6 is 0 Å². The summed E-state index contributed by atoms with van der Waals surface area (Å²) in [5.41, 5.74) is 8.59. The maximum atomic E-state index is 14.4. The number of hydrogen-bond donors (Lipinski definition) is 4. The third kappa shape index (κ3) is 5.32. The molecule has 12 nitrogen and oxygen atoms in total. The lowest BCUT2D eigenvalue weighted by Gasteiger charge is -2.23. The molecule has 6 rings (SSSR count). The van der Waals surface area contributed by atoms with Gasteiger partial charge in [0.1, 0.15) is 34.6 Å². The Labute approximate surface area is 256 Å². The quantitative estimate of drug-likeness (QED) is 0.195. The first-order chi connectivity index (χ1) is 21.6. The summed E-state index contributed by atoms with van der Waals surface area (Å²) in [6.07, 6.45) is 2.12. The van der Waals surface area contributed by atoms with Gasteiger partial charge in [-0.1, -0.05) is 42.5 Å². The van der Waals surface area contributed by atoms with E-state index >= 15 is 0 Å². The van der Waals surface area contributed by atoms with Crippen molar-refractivity contribution >= 4 is 40.5 Å². The van der Waals surface area contributed by atoms with Crippen LogP contribution in [0.15, 0.2) is 66.9 Å². The molecule has 0 bridgehead atoms. The lowest BCUT2D eigenvalue weighted by molar-refractivity contribution is -0.141. The Morgan fingerprint density at radius 1 is 1.11 bits per heavy atom. The van der Waals surface area contributed by atoms with Gasteiger partial charge in [0.2, 0.25) is 11.8 Å². The Morgan fingerprint density at radius 2 is 1.87 bits per heavy atom. The van der Waals surface area contributed by atoms with Gasteiger partial charge >= 0.3 is 5.97 Å². The van der Waals surface area contributed by atoms with Crippen LogP contribution in [-0.2, 0) is 32.8 Å². The molecule has 2 atom stereocenters. The summed E-state index contributed by atoms with van der Waals surface area (Å²) in [6.45, 7) is 3.28. The second-order valence-electron chi connectivity index (χ2n) is 11.0. The van der Waals surface area contributed by atoms with Crippen LogP contribution in [0, 0.1) is 5.82 Å². The van der Waals surface area contributed by atoms with Gasteiger partial charge in [-0.2, -0.15) is 5.10 Å². The molecule has 1 aliphatic rings. The normalized spacial score (nSPS) is 16.3. The van der Waals surface area contributed by atoms with Gasteiger partial charge in [0.15, 0.2) is 11.5 Å². The standard InChI is InChI=1S/C32H29FN8O4/c1-17(30(43)44)36-23(42)14-11-18-9-12-20(13-10-18)32(2)24-26(34)37-28(38-27(24)39-31(32)45)25-21-7-5-15-35-29(21)41(40-25)16-19-6-3-4-8-22(19)33/h3-10,12-13,15,17H,11,14,16H2,1-2H3,(H,36,42)(H,43,44)(H3,34,37,38,39,45)/t17-,32+/m0/s1. The number of nitrogens with two attached hydrogens (primary N) is 1. The van der Waals surface area contributed by atoms with Crippen molar-refractivity contribution in [1.82, 2.24) is 30.0 Å². The maximum absolute atomic E-state index is 14.4. The zero-order valence-corrected chi connectivity index (χ0v) is 24.4. The van der Waals surface area contributed by atoms with E-state index in [0.29, 0.717) is 39.8 Å². The van der Waals surface area contributed by atoms with Crippen LogP contribution in [0.3, 0.4) is 0 Å². The van der Waals surface area contributed by atoms with Gasteiger partial charge in [-0.25, -0.2) is 24.0 Å². The molecule has 3 aromatic heterocycles. The smallest absolute Gasteiger partial charge is 0.325 e. The first-order valence-corrected chi connectivity index (χ1v) is 14.2. The molecule has 2 amide bonds. The predicted molar refractivity (Wildman–Crippen MR) is 164 cm³/mol. The lowest BCUT2D eigenvalue weighted by Crippen LogP contribution is -2.38. The summed E-state index contributed by atoms with van der Waals surface area (Å²) in [7, 11) is 0. The van der Waals surface area contributed by atoms with Gasteiger partial charge in [0, 0.05) is 18.2 Å². The largest absolute Gasteiger partial charge is 0.480 e. The molecule has 0 fully saturated rings. The van der Waals surface area contributed by atoms with Crippen LogP contribution in [-0.4, -0.2) is 53.7 Å². The summed E-state index contributed by atoms with van der Waals surface area (Å²) in [6, 6.07) is 16.2.